The first kappa shape index (κ1) is 20.2. The van der Waals surface area contributed by atoms with Gasteiger partial charge in [0.1, 0.15) is 11.5 Å². The Morgan fingerprint density at radius 2 is 1.97 bits per heavy atom. The zero-order chi connectivity index (χ0) is 21.9. The van der Waals surface area contributed by atoms with E-state index in [-0.39, 0.29) is 17.7 Å². The van der Waals surface area contributed by atoms with E-state index in [1.165, 1.54) is 11.8 Å². The molecule has 2 N–H and O–H groups in total. The van der Waals surface area contributed by atoms with Gasteiger partial charge in [-0.05, 0) is 37.3 Å². The number of carbonyl (C=O) groups excluding carboxylic acids is 1. The molecule has 32 heavy (non-hydrogen) atoms. The number of carbonyl (C=O) groups is 1. The molecule has 1 aromatic carbocycles. The Morgan fingerprint density at radius 1 is 1.12 bits per heavy atom. The monoisotopic (exact) mass is 447 g/mol. The maximum Gasteiger partial charge on any atom is 0.231 e. The number of amides is 1. The molecule has 5 aromatic rings. The first-order chi connectivity index (χ1) is 15.7. The molecule has 0 bridgehead atoms. The van der Waals surface area contributed by atoms with E-state index in [1.807, 2.05) is 60.2 Å². The summed E-state index contributed by atoms with van der Waals surface area (Å²) in [4.78, 5) is 15.8. The standard InChI is InChI=1S/C23H21N5O3S/c1-15(20-9-5-11-31-20)25-21(29)14-32-23-27-26-22(28(23)13-16-6-4-10-30-16)18-12-24-19-8-3-2-7-17(18)19/h2-12,15,24H,13-14H2,1H3,(H,25,29). The quantitative estimate of drug-likeness (QED) is 0.336. The number of aromatic amines is 1. The maximum atomic E-state index is 12.5. The van der Waals surface area contributed by atoms with E-state index >= 15 is 0 Å². The van der Waals surface area contributed by atoms with Crippen LogP contribution in [0.15, 0.2) is 81.2 Å². The number of fused-ring (bicyclic) bond motifs is 1. The molecule has 9 heteroatoms. The third-order valence-corrected chi connectivity index (χ3v) is 6.09. The Kier molecular flexibility index (Phi) is 5.55. The lowest BCUT2D eigenvalue weighted by atomic mass is 10.1. The molecular weight excluding hydrogens is 426 g/mol. The average Bonchev–Trinajstić information content (AvgIpc) is 3.60. The van der Waals surface area contributed by atoms with E-state index in [0.29, 0.717) is 23.3 Å². The fourth-order valence-electron chi connectivity index (χ4n) is 3.57. The average molecular weight is 448 g/mol. The Balaban J connectivity index is 1.39. The Morgan fingerprint density at radius 3 is 2.78 bits per heavy atom. The van der Waals surface area contributed by atoms with Gasteiger partial charge in [0, 0.05) is 22.7 Å². The summed E-state index contributed by atoms with van der Waals surface area (Å²) in [5.41, 5.74) is 1.97. The first-order valence-corrected chi connectivity index (χ1v) is 11.2. The van der Waals surface area contributed by atoms with E-state index < -0.39 is 0 Å². The third kappa shape index (κ3) is 4.06. The van der Waals surface area contributed by atoms with Crippen LogP contribution in [0.4, 0.5) is 0 Å². The second-order valence-corrected chi connectivity index (χ2v) is 8.26. The summed E-state index contributed by atoms with van der Waals surface area (Å²) in [5, 5.41) is 13.5. The van der Waals surface area contributed by atoms with Crippen LogP contribution in [0.1, 0.15) is 24.5 Å². The molecule has 1 atom stereocenters. The number of aromatic nitrogens is 4. The molecular formula is C23H21N5O3S. The Labute approximate surface area is 188 Å². The van der Waals surface area contributed by atoms with Crippen LogP contribution in [-0.4, -0.2) is 31.4 Å². The molecule has 0 saturated carbocycles. The van der Waals surface area contributed by atoms with Crippen molar-refractivity contribution in [3.63, 3.8) is 0 Å². The van der Waals surface area contributed by atoms with Crippen LogP contribution in [0.5, 0.6) is 0 Å². The van der Waals surface area contributed by atoms with Gasteiger partial charge in [0.25, 0.3) is 0 Å². The molecule has 0 fully saturated rings. The number of nitrogens with zero attached hydrogens (tertiary/aromatic N) is 3. The molecule has 8 nitrogen and oxygen atoms in total. The number of nitrogens with one attached hydrogen (secondary N) is 2. The number of hydrogen-bond acceptors (Lipinski definition) is 6. The van der Waals surface area contributed by atoms with Crippen molar-refractivity contribution in [3.8, 4) is 11.4 Å². The van der Waals surface area contributed by atoms with Gasteiger partial charge in [-0.3, -0.25) is 9.36 Å². The van der Waals surface area contributed by atoms with Gasteiger partial charge in [-0.1, -0.05) is 30.0 Å². The molecule has 0 aliphatic heterocycles. The topological polar surface area (TPSA) is 102 Å². The maximum absolute atomic E-state index is 12.5. The molecule has 0 aliphatic carbocycles. The van der Waals surface area contributed by atoms with Crippen molar-refractivity contribution >= 4 is 28.6 Å². The van der Waals surface area contributed by atoms with E-state index in [9.17, 15) is 4.79 Å². The highest BCUT2D eigenvalue weighted by atomic mass is 32.2. The number of hydrogen-bond donors (Lipinski definition) is 2. The second-order valence-electron chi connectivity index (χ2n) is 7.31. The predicted octanol–water partition coefficient (Wildman–Crippen LogP) is 4.63. The number of para-hydroxylation sites is 1. The minimum Gasteiger partial charge on any atom is -0.467 e. The zero-order valence-electron chi connectivity index (χ0n) is 17.3. The van der Waals surface area contributed by atoms with Gasteiger partial charge in [0.05, 0.1) is 30.9 Å². The molecule has 5 rings (SSSR count). The number of thioether (sulfide) groups is 1. The number of benzene rings is 1. The van der Waals surface area contributed by atoms with E-state index in [2.05, 4.69) is 20.5 Å². The summed E-state index contributed by atoms with van der Waals surface area (Å²) in [7, 11) is 0. The van der Waals surface area contributed by atoms with Crippen molar-refractivity contribution in [2.45, 2.75) is 24.7 Å². The van der Waals surface area contributed by atoms with Crippen molar-refractivity contribution in [3.05, 3.63) is 78.8 Å². The van der Waals surface area contributed by atoms with Crippen LogP contribution in [0.3, 0.4) is 0 Å². The summed E-state index contributed by atoms with van der Waals surface area (Å²) in [6, 6.07) is 15.2. The van der Waals surface area contributed by atoms with Gasteiger partial charge in [0.15, 0.2) is 11.0 Å². The smallest absolute Gasteiger partial charge is 0.231 e. The molecule has 0 saturated heterocycles. The molecule has 0 spiro atoms. The van der Waals surface area contributed by atoms with Crippen molar-refractivity contribution in [1.29, 1.82) is 0 Å². The van der Waals surface area contributed by atoms with Gasteiger partial charge in [-0.15, -0.1) is 10.2 Å². The summed E-state index contributed by atoms with van der Waals surface area (Å²) < 4.78 is 12.9. The van der Waals surface area contributed by atoms with Gasteiger partial charge >= 0.3 is 0 Å². The van der Waals surface area contributed by atoms with Crippen LogP contribution in [0.2, 0.25) is 0 Å². The molecule has 162 valence electrons. The van der Waals surface area contributed by atoms with Gasteiger partial charge in [0.2, 0.25) is 5.91 Å². The van der Waals surface area contributed by atoms with Gasteiger partial charge in [-0.25, -0.2) is 0 Å². The summed E-state index contributed by atoms with van der Waals surface area (Å²) in [5.74, 6) is 2.30. The molecule has 4 aromatic heterocycles. The SMILES string of the molecule is CC(NC(=O)CSc1nnc(-c2c[nH]c3ccccc23)n1Cc1ccco1)c1ccco1. The molecule has 0 radical (unpaired) electrons. The van der Waals surface area contributed by atoms with Crippen LogP contribution < -0.4 is 5.32 Å². The lowest BCUT2D eigenvalue weighted by molar-refractivity contribution is -0.119. The molecule has 4 heterocycles. The van der Waals surface area contributed by atoms with E-state index in [4.69, 9.17) is 8.83 Å². The fourth-order valence-corrected chi connectivity index (χ4v) is 4.32. The number of furan rings is 2. The predicted molar refractivity (Wildman–Crippen MR) is 121 cm³/mol. The third-order valence-electron chi connectivity index (χ3n) is 5.12. The van der Waals surface area contributed by atoms with Crippen LogP contribution in [0.25, 0.3) is 22.3 Å². The highest BCUT2D eigenvalue weighted by Gasteiger charge is 2.20. The van der Waals surface area contributed by atoms with Gasteiger partial charge in [-0.2, -0.15) is 0 Å². The van der Waals surface area contributed by atoms with E-state index in [0.717, 1.165) is 22.2 Å². The summed E-state index contributed by atoms with van der Waals surface area (Å²) in [6.45, 7) is 2.34. The summed E-state index contributed by atoms with van der Waals surface area (Å²) in [6.07, 6.45) is 5.16. The largest absolute Gasteiger partial charge is 0.467 e. The van der Waals surface area contributed by atoms with Crippen molar-refractivity contribution in [2.75, 3.05) is 5.75 Å². The van der Waals surface area contributed by atoms with E-state index in [1.54, 1.807) is 18.6 Å². The van der Waals surface area contributed by atoms with Crippen LogP contribution in [-0.2, 0) is 11.3 Å². The highest BCUT2D eigenvalue weighted by molar-refractivity contribution is 7.99. The highest BCUT2D eigenvalue weighted by Crippen LogP contribution is 2.30. The lowest BCUT2D eigenvalue weighted by Crippen LogP contribution is -2.28. The van der Waals surface area contributed by atoms with Crippen molar-refractivity contribution < 1.29 is 13.6 Å². The van der Waals surface area contributed by atoms with Crippen LogP contribution in [0, 0.1) is 0 Å². The van der Waals surface area contributed by atoms with Crippen LogP contribution >= 0.6 is 11.8 Å². The second kappa shape index (κ2) is 8.80. The lowest BCUT2D eigenvalue weighted by Gasteiger charge is -2.12. The minimum absolute atomic E-state index is 0.111. The zero-order valence-corrected chi connectivity index (χ0v) is 18.1. The molecule has 1 amide bonds. The van der Waals surface area contributed by atoms with Gasteiger partial charge < -0.3 is 19.1 Å². The Bertz CT molecular complexity index is 1320. The summed E-state index contributed by atoms with van der Waals surface area (Å²) >= 11 is 1.33. The van der Waals surface area contributed by atoms with Crippen molar-refractivity contribution in [2.24, 2.45) is 0 Å². The molecule has 0 aliphatic rings. The number of H-pyrrole nitrogens is 1. The first-order valence-electron chi connectivity index (χ1n) is 10.2. The molecule has 1 unspecified atom stereocenters. The Hall–Kier alpha value is -3.72. The fraction of sp³-hybridized carbons (Fsp3) is 0.174. The van der Waals surface area contributed by atoms with Crippen molar-refractivity contribution in [1.82, 2.24) is 25.1 Å². The normalized spacial score (nSPS) is 12.3. The number of rotatable bonds is 8. The minimum atomic E-state index is -0.208.